The van der Waals surface area contributed by atoms with Crippen molar-refractivity contribution in [2.24, 2.45) is 0 Å². The molecule has 2 nitrogen and oxygen atoms in total. The lowest BCUT2D eigenvalue weighted by Gasteiger charge is -2.38. The van der Waals surface area contributed by atoms with E-state index in [0.717, 1.165) is 12.8 Å². The van der Waals surface area contributed by atoms with Crippen LogP contribution >= 0.6 is 15.9 Å². The average Bonchev–Trinajstić information content (AvgIpc) is 2.28. The third-order valence-electron chi connectivity index (χ3n) is 3.91. The number of benzene rings is 1. The van der Waals surface area contributed by atoms with Crippen LogP contribution < -0.4 is 0 Å². The molecule has 1 aromatic carbocycles. The van der Waals surface area contributed by atoms with Gasteiger partial charge in [0.05, 0.1) is 5.60 Å². The molecule has 1 aliphatic carbocycles. The van der Waals surface area contributed by atoms with Crippen molar-refractivity contribution in [1.82, 2.24) is 4.90 Å². The van der Waals surface area contributed by atoms with E-state index in [0.29, 0.717) is 28.9 Å². The fourth-order valence-corrected chi connectivity index (χ4v) is 3.17. The summed E-state index contributed by atoms with van der Waals surface area (Å²) in [5.41, 5.74) is -0.191. The minimum absolute atomic E-state index is 0.303. The molecule has 0 radical (unpaired) electrons. The van der Waals surface area contributed by atoms with Crippen LogP contribution in [0.4, 0.5) is 4.39 Å². The van der Waals surface area contributed by atoms with Crippen LogP contribution in [-0.2, 0) is 5.60 Å². The van der Waals surface area contributed by atoms with E-state index in [1.54, 1.807) is 0 Å². The zero-order chi connectivity index (χ0) is 13.3. The van der Waals surface area contributed by atoms with Crippen LogP contribution in [0.15, 0.2) is 22.7 Å². The van der Waals surface area contributed by atoms with Gasteiger partial charge < -0.3 is 10.0 Å². The Kier molecular flexibility index (Phi) is 4.09. The molecule has 1 aliphatic rings. The maximum Gasteiger partial charge on any atom is 0.124 e. The normalized spacial score (nSPS) is 28.7. The molecule has 4 heteroatoms. The van der Waals surface area contributed by atoms with Gasteiger partial charge >= 0.3 is 0 Å². The van der Waals surface area contributed by atoms with Crippen molar-refractivity contribution in [2.75, 3.05) is 14.1 Å². The molecule has 2 rings (SSSR count). The first-order valence-corrected chi connectivity index (χ1v) is 7.05. The molecule has 0 spiro atoms. The Balaban J connectivity index is 2.18. The fraction of sp³-hybridized carbons (Fsp3) is 0.571. The average molecular weight is 316 g/mol. The van der Waals surface area contributed by atoms with Gasteiger partial charge in [-0.15, -0.1) is 0 Å². The highest BCUT2D eigenvalue weighted by Gasteiger charge is 2.35. The maximum atomic E-state index is 13.4. The predicted octanol–water partition coefficient (Wildman–Crippen LogP) is 3.28. The summed E-state index contributed by atoms with van der Waals surface area (Å²) in [4.78, 5) is 2.20. The number of rotatable bonds is 2. The van der Waals surface area contributed by atoms with E-state index >= 15 is 0 Å². The summed E-state index contributed by atoms with van der Waals surface area (Å²) in [7, 11) is 4.13. The molecule has 0 bridgehead atoms. The van der Waals surface area contributed by atoms with Crippen molar-refractivity contribution < 1.29 is 9.50 Å². The smallest absolute Gasteiger partial charge is 0.124 e. The highest BCUT2D eigenvalue weighted by Crippen LogP contribution is 2.39. The SMILES string of the molecule is CN(C)C1CCC(O)(c2cc(F)cc(Br)c2)CC1. The molecule has 0 atom stereocenters. The zero-order valence-corrected chi connectivity index (χ0v) is 12.4. The van der Waals surface area contributed by atoms with Gasteiger partial charge in [0.15, 0.2) is 0 Å². The van der Waals surface area contributed by atoms with Gasteiger partial charge in [-0.1, -0.05) is 15.9 Å². The van der Waals surface area contributed by atoms with E-state index in [1.807, 2.05) is 6.07 Å². The minimum Gasteiger partial charge on any atom is -0.385 e. The summed E-state index contributed by atoms with van der Waals surface area (Å²) >= 11 is 3.28. The van der Waals surface area contributed by atoms with Gasteiger partial charge in [-0.05, 0) is 63.5 Å². The topological polar surface area (TPSA) is 23.5 Å². The van der Waals surface area contributed by atoms with E-state index in [-0.39, 0.29) is 5.82 Å². The number of nitrogens with zero attached hydrogens (tertiary/aromatic N) is 1. The Morgan fingerprint density at radius 3 is 2.39 bits per heavy atom. The fourth-order valence-electron chi connectivity index (χ4n) is 2.71. The zero-order valence-electron chi connectivity index (χ0n) is 10.8. The Bertz CT molecular complexity index is 408. The van der Waals surface area contributed by atoms with Gasteiger partial charge in [0.25, 0.3) is 0 Å². The number of hydrogen-bond acceptors (Lipinski definition) is 2. The Labute approximate surface area is 116 Å². The Hall–Kier alpha value is -0.450. The van der Waals surface area contributed by atoms with E-state index in [9.17, 15) is 9.50 Å². The van der Waals surface area contributed by atoms with E-state index in [2.05, 4.69) is 34.9 Å². The van der Waals surface area contributed by atoms with Gasteiger partial charge in [-0.25, -0.2) is 4.39 Å². The van der Waals surface area contributed by atoms with Crippen LogP contribution in [0.25, 0.3) is 0 Å². The highest BCUT2D eigenvalue weighted by molar-refractivity contribution is 9.10. The number of aliphatic hydroxyl groups is 1. The van der Waals surface area contributed by atoms with Gasteiger partial charge in [0, 0.05) is 10.5 Å². The predicted molar refractivity (Wildman–Crippen MR) is 73.9 cm³/mol. The molecular weight excluding hydrogens is 297 g/mol. The molecule has 0 heterocycles. The molecule has 100 valence electrons. The van der Waals surface area contributed by atoms with Crippen molar-refractivity contribution in [3.05, 3.63) is 34.1 Å². The van der Waals surface area contributed by atoms with Crippen molar-refractivity contribution in [2.45, 2.75) is 37.3 Å². The monoisotopic (exact) mass is 315 g/mol. The summed E-state index contributed by atoms with van der Waals surface area (Å²) < 4.78 is 14.1. The minimum atomic E-state index is -0.878. The first-order chi connectivity index (χ1) is 8.40. The lowest BCUT2D eigenvalue weighted by atomic mass is 9.77. The van der Waals surface area contributed by atoms with Gasteiger partial charge in [0.2, 0.25) is 0 Å². The highest BCUT2D eigenvalue weighted by atomic mass is 79.9. The summed E-state index contributed by atoms with van der Waals surface area (Å²) in [5.74, 6) is -0.303. The van der Waals surface area contributed by atoms with Crippen molar-refractivity contribution in [3.63, 3.8) is 0 Å². The Morgan fingerprint density at radius 1 is 1.28 bits per heavy atom. The molecule has 1 saturated carbocycles. The lowest BCUT2D eigenvalue weighted by Crippen LogP contribution is -2.39. The molecule has 0 amide bonds. The van der Waals surface area contributed by atoms with Crippen molar-refractivity contribution >= 4 is 15.9 Å². The summed E-state index contributed by atoms with van der Waals surface area (Å²) in [6, 6.07) is 5.19. The van der Waals surface area contributed by atoms with Crippen LogP contribution in [0.2, 0.25) is 0 Å². The van der Waals surface area contributed by atoms with E-state index < -0.39 is 5.60 Å². The third-order valence-corrected chi connectivity index (χ3v) is 4.37. The van der Waals surface area contributed by atoms with Crippen LogP contribution in [0.3, 0.4) is 0 Å². The molecule has 18 heavy (non-hydrogen) atoms. The van der Waals surface area contributed by atoms with Gasteiger partial charge in [0.1, 0.15) is 5.82 Å². The number of hydrogen-bond donors (Lipinski definition) is 1. The second-order valence-corrected chi connectivity index (χ2v) is 6.30. The van der Waals surface area contributed by atoms with Crippen LogP contribution in [0, 0.1) is 5.82 Å². The molecule has 1 fully saturated rings. The summed E-state index contributed by atoms with van der Waals surface area (Å²) in [6.45, 7) is 0. The first kappa shape index (κ1) is 14.0. The number of halogens is 2. The molecule has 0 unspecified atom stereocenters. The van der Waals surface area contributed by atoms with E-state index in [4.69, 9.17) is 0 Å². The van der Waals surface area contributed by atoms with Crippen LogP contribution in [0.1, 0.15) is 31.2 Å². The van der Waals surface area contributed by atoms with E-state index in [1.165, 1.54) is 12.1 Å². The van der Waals surface area contributed by atoms with Crippen LogP contribution in [-0.4, -0.2) is 30.1 Å². The van der Waals surface area contributed by atoms with Gasteiger partial charge in [-0.3, -0.25) is 0 Å². The standard InChI is InChI=1S/C14H19BrFNO/c1-17(2)13-3-5-14(18,6-4-13)10-7-11(15)9-12(16)8-10/h7-9,13,18H,3-6H2,1-2H3. The lowest BCUT2D eigenvalue weighted by molar-refractivity contribution is -0.0193. The molecule has 0 aliphatic heterocycles. The summed E-state index contributed by atoms with van der Waals surface area (Å²) in [6.07, 6.45) is 3.26. The van der Waals surface area contributed by atoms with Gasteiger partial charge in [-0.2, -0.15) is 0 Å². The van der Waals surface area contributed by atoms with Crippen molar-refractivity contribution in [1.29, 1.82) is 0 Å². The maximum absolute atomic E-state index is 13.4. The largest absolute Gasteiger partial charge is 0.385 e. The molecule has 0 saturated heterocycles. The molecule has 1 aromatic rings. The molecule has 0 aromatic heterocycles. The molecule has 1 N–H and O–H groups in total. The van der Waals surface area contributed by atoms with Crippen molar-refractivity contribution in [3.8, 4) is 0 Å². The summed E-state index contributed by atoms with van der Waals surface area (Å²) in [5, 5.41) is 10.7. The quantitative estimate of drug-likeness (QED) is 0.905. The van der Waals surface area contributed by atoms with Crippen LogP contribution in [0.5, 0.6) is 0 Å². The first-order valence-electron chi connectivity index (χ1n) is 6.26. The molecular formula is C14H19BrFNO. The Morgan fingerprint density at radius 2 is 1.89 bits per heavy atom. The second-order valence-electron chi connectivity index (χ2n) is 5.38. The third kappa shape index (κ3) is 2.92. The second kappa shape index (κ2) is 5.27.